The van der Waals surface area contributed by atoms with Gasteiger partial charge in [0.25, 0.3) is 0 Å². The molecular weight excluding hydrogens is 208 g/mol. The number of Topliss-reactive ketones (excluding diaryl/α,β-unsaturated/α-hetero) is 1. The van der Waals surface area contributed by atoms with Crippen LogP contribution in [-0.2, 0) is 4.79 Å². The van der Waals surface area contributed by atoms with E-state index in [4.69, 9.17) is 0 Å². The predicted molar refractivity (Wildman–Crippen MR) is 74.0 cm³/mol. The average Bonchev–Trinajstić information content (AvgIpc) is 2.14. The Bertz CT molecular complexity index is 252. The van der Waals surface area contributed by atoms with Crippen LogP contribution in [0, 0.1) is 23.2 Å². The predicted octanol–water partition coefficient (Wildman–Crippen LogP) is 4.84. The molecule has 1 nitrogen and oxygen atoms in total. The van der Waals surface area contributed by atoms with Crippen molar-refractivity contribution in [3.05, 3.63) is 0 Å². The summed E-state index contributed by atoms with van der Waals surface area (Å²) in [4.78, 5) is 11.8. The lowest BCUT2D eigenvalue weighted by molar-refractivity contribution is -0.120. The van der Waals surface area contributed by atoms with Gasteiger partial charge in [-0.1, -0.05) is 47.5 Å². The maximum atomic E-state index is 11.8. The Hall–Kier alpha value is -0.330. The molecule has 0 bridgehead atoms. The molecule has 100 valence electrons. The Morgan fingerprint density at radius 3 is 2.53 bits per heavy atom. The molecule has 1 fully saturated rings. The van der Waals surface area contributed by atoms with Crippen LogP contribution in [-0.4, -0.2) is 5.78 Å². The first-order chi connectivity index (χ1) is 7.83. The molecule has 0 aliphatic heterocycles. The van der Waals surface area contributed by atoms with Gasteiger partial charge in [0.15, 0.2) is 0 Å². The van der Waals surface area contributed by atoms with Crippen LogP contribution < -0.4 is 0 Å². The van der Waals surface area contributed by atoms with E-state index >= 15 is 0 Å². The monoisotopic (exact) mass is 238 g/mol. The van der Waals surface area contributed by atoms with Gasteiger partial charge in [-0.25, -0.2) is 0 Å². The molecule has 0 spiro atoms. The van der Waals surface area contributed by atoms with Crippen LogP contribution in [0.1, 0.15) is 73.1 Å². The van der Waals surface area contributed by atoms with Crippen LogP contribution in [0.2, 0.25) is 0 Å². The van der Waals surface area contributed by atoms with Crippen LogP contribution in [0.3, 0.4) is 0 Å². The van der Waals surface area contributed by atoms with Crippen molar-refractivity contribution in [2.45, 2.75) is 73.1 Å². The van der Waals surface area contributed by atoms with E-state index in [9.17, 15) is 4.79 Å². The summed E-state index contributed by atoms with van der Waals surface area (Å²) in [6.07, 6.45) is 6.73. The van der Waals surface area contributed by atoms with Gasteiger partial charge in [0.05, 0.1) is 0 Å². The van der Waals surface area contributed by atoms with Gasteiger partial charge in [-0.05, 0) is 36.0 Å². The molecule has 0 N–H and O–H groups in total. The lowest BCUT2D eigenvalue weighted by Gasteiger charge is -2.43. The molecule has 0 amide bonds. The lowest BCUT2D eigenvalue weighted by atomic mass is 9.62. The van der Waals surface area contributed by atoms with Crippen LogP contribution in [0.5, 0.6) is 0 Å². The standard InChI is InChI=1S/C16H30O/c1-12(2)11-14(17)8-9-15-13(3)7-6-10-16(15,4)5/h12-13,15H,6-11H2,1-5H3/t13-,15+/m1/s1. The van der Waals surface area contributed by atoms with Crippen molar-refractivity contribution in [2.75, 3.05) is 0 Å². The summed E-state index contributed by atoms with van der Waals surface area (Å²) in [5, 5.41) is 0. The van der Waals surface area contributed by atoms with Crippen molar-refractivity contribution in [2.24, 2.45) is 23.2 Å². The summed E-state index contributed by atoms with van der Waals surface area (Å²) in [7, 11) is 0. The van der Waals surface area contributed by atoms with Gasteiger partial charge in [-0.2, -0.15) is 0 Å². The molecule has 0 aromatic carbocycles. The molecule has 2 atom stereocenters. The highest BCUT2D eigenvalue weighted by Gasteiger charge is 2.36. The zero-order valence-electron chi connectivity index (χ0n) is 12.4. The number of carbonyl (C=O) groups excluding carboxylic acids is 1. The van der Waals surface area contributed by atoms with E-state index in [0.29, 0.717) is 17.1 Å². The van der Waals surface area contributed by atoms with Gasteiger partial charge in [-0.3, -0.25) is 4.79 Å². The number of hydrogen-bond donors (Lipinski definition) is 0. The summed E-state index contributed by atoms with van der Waals surface area (Å²) >= 11 is 0. The highest BCUT2D eigenvalue weighted by atomic mass is 16.1. The van der Waals surface area contributed by atoms with Crippen LogP contribution >= 0.6 is 0 Å². The van der Waals surface area contributed by atoms with E-state index in [1.807, 2.05) is 0 Å². The summed E-state index contributed by atoms with van der Waals surface area (Å²) in [6.45, 7) is 11.4. The minimum Gasteiger partial charge on any atom is -0.300 e. The second-order valence-corrected chi connectivity index (χ2v) is 7.14. The minimum absolute atomic E-state index is 0.440. The Kier molecular flexibility index (Phi) is 5.22. The maximum Gasteiger partial charge on any atom is 0.133 e. The molecule has 17 heavy (non-hydrogen) atoms. The van der Waals surface area contributed by atoms with E-state index in [-0.39, 0.29) is 0 Å². The fourth-order valence-electron chi connectivity index (χ4n) is 3.59. The van der Waals surface area contributed by atoms with Crippen molar-refractivity contribution >= 4 is 5.78 Å². The first kappa shape index (κ1) is 14.7. The van der Waals surface area contributed by atoms with E-state index in [2.05, 4.69) is 34.6 Å². The van der Waals surface area contributed by atoms with E-state index in [1.165, 1.54) is 19.3 Å². The molecule has 1 saturated carbocycles. The molecule has 1 rings (SSSR count). The van der Waals surface area contributed by atoms with E-state index in [0.717, 1.165) is 31.1 Å². The van der Waals surface area contributed by atoms with Gasteiger partial charge in [-0.15, -0.1) is 0 Å². The smallest absolute Gasteiger partial charge is 0.133 e. The SMILES string of the molecule is CC(C)CC(=O)CC[C@H]1[C@H](C)CCCC1(C)C. The van der Waals surface area contributed by atoms with E-state index < -0.39 is 0 Å². The molecule has 0 aromatic heterocycles. The zero-order chi connectivity index (χ0) is 13.1. The third-order valence-electron chi connectivity index (χ3n) is 4.54. The quantitative estimate of drug-likeness (QED) is 0.669. The summed E-state index contributed by atoms with van der Waals surface area (Å²) in [6, 6.07) is 0. The minimum atomic E-state index is 0.440. The second kappa shape index (κ2) is 6.02. The summed E-state index contributed by atoms with van der Waals surface area (Å²) in [5.74, 6) is 2.52. The molecule has 1 aliphatic rings. The Morgan fingerprint density at radius 1 is 1.35 bits per heavy atom. The number of hydrogen-bond acceptors (Lipinski definition) is 1. The Balaban J connectivity index is 2.45. The molecule has 0 unspecified atom stereocenters. The van der Waals surface area contributed by atoms with Crippen molar-refractivity contribution in [1.29, 1.82) is 0 Å². The normalized spacial score (nSPS) is 28.4. The van der Waals surface area contributed by atoms with Crippen LogP contribution in [0.15, 0.2) is 0 Å². The maximum absolute atomic E-state index is 11.8. The van der Waals surface area contributed by atoms with Crippen molar-refractivity contribution in [3.8, 4) is 0 Å². The first-order valence-corrected chi connectivity index (χ1v) is 7.34. The molecule has 0 saturated heterocycles. The topological polar surface area (TPSA) is 17.1 Å². The number of carbonyl (C=O) groups is 1. The van der Waals surface area contributed by atoms with Gasteiger partial charge in [0.2, 0.25) is 0 Å². The molecule has 0 heterocycles. The fourth-order valence-corrected chi connectivity index (χ4v) is 3.59. The number of ketones is 1. The largest absolute Gasteiger partial charge is 0.300 e. The third-order valence-corrected chi connectivity index (χ3v) is 4.54. The molecule has 0 radical (unpaired) electrons. The molecule has 1 aliphatic carbocycles. The highest BCUT2D eigenvalue weighted by Crippen LogP contribution is 2.46. The fraction of sp³-hybridized carbons (Fsp3) is 0.938. The Labute approximate surface area is 107 Å². The summed E-state index contributed by atoms with van der Waals surface area (Å²) in [5.41, 5.74) is 0.440. The summed E-state index contributed by atoms with van der Waals surface area (Å²) < 4.78 is 0. The lowest BCUT2D eigenvalue weighted by Crippen LogP contribution is -2.34. The van der Waals surface area contributed by atoms with Gasteiger partial charge < -0.3 is 0 Å². The molecule has 1 heteroatoms. The van der Waals surface area contributed by atoms with Crippen molar-refractivity contribution < 1.29 is 4.79 Å². The van der Waals surface area contributed by atoms with Crippen LogP contribution in [0.4, 0.5) is 0 Å². The molecule has 0 aromatic rings. The number of rotatable bonds is 5. The van der Waals surface area contributed by atoms with E-state index in [1.54, 1.807) is 0 Å². The average molecular weight is 238 g/mol. The van der Waals surface area contributed by atoms with Gasteiger partial charge in [0.1, 0.15) is 5.78 Å². The third kappa shape index (κ3) is 4.44. The first-order valence-electron chi connectivity index (χ1n) is 7.34. The van der Waals surface area contributed by atoms with Crippen molar-refractivity contribution in [1.82, 2.24) is 0 Å². The second-order valence-electron chi connectivity index (χ2n) is 7.14. The molecular formula is C16H30O. The van der Waals surface area contributed by atoms with Gasteiger partial charge >= 0.3 is 0 Å². The highest BCUT2D eigenvalue weighted by molar-refractivity contribution is 5.78. The van der Waals surface area contributed by atoms with Crippen LogP contribution in [0.25, 0.3) is 0 Å². The zero-order valence-corrected chi connectivity index (χ0v) is 12.4. The van der Waals surface area contributed by atoms with Crippen molar-refractivity contribution in [3.63, 3.8) is 0 Å². The van der Waals surface area contributed by atoms with Gasteiger partial charge in [0, 0.05) is 12.8 Å². The Morgan fingerprint density at radius 2 is 2.00 bits per heavy atom.